The van der Waals surface area contributed by atoms with Crippen LogP contribution in [0.25, 0.3) is 0 Å². The number of hydrogen-bond acceptors (Lipinski definition) is 4. The average Bonchev–Trinajstić information content (AvgIpc) is 2.59. The summed E-state index contributed by atoms with van der Waals surface area (Å²) in [5, 5.41) is 20.0. The number of esters is 1. The molecule has 0 aliphatic heterocycles. The van der Waals surface area contributed by atoms with Crippen molar-refractivity contribution in [1.82, 2.24) is 0 Å². The van der Waals surface area contributed by atoms with Crippen molar-refractivity contribution in [2.75, 3.05) is 0 Å². The minimum absolute atomic E-state index is 0.108. The molecule has 0 amide bonds. The second kappa shape index (κ2) is 8.54. The van der Waals surface area contributed by atoms with E-state index < -0.39 is 18.2 Å². The first-order valence-electron chi connectivity index (χ1n) is 9.21. The van der Waals surface area contributed by atoms with Gasteiger partial charge in [-0.05, 0) is 68.4 Å². The molecule has 0 saturated heterocycles. The number of hydrogen-bond donors (Lipinski definition) is 2. The topological polar surface area (TPSA) is 66.8 Å². The van der Waals surface area contributed by atoms with Gasteiger partial charge in [0.15, 0.2) is 0 Å². The van der Waals surface area contributed by atoms with E-state index in [1.807, 2.05) is 13.0 Å². The number of phenols is 1. The predicted molar refractivity (Wildman–Crippen MR) is 103 cm³/mol. The van der Waals surface area contributed by atoms with Crippen LogP contribution in [0.15, 0.2) is 47.6 Å². The van der Waals surface area contributed by atoms with Crippen molar-refractivity contribution in [3.63, 3.8) is 0 Å². The summed E-state index contributed by atoms with van der Waals surface area (Å²) >= 11 is 0. The molecule has 1 aliphatic carbocycles. The van der Waals surface area contributed by atoms with Crippen LogP contribution in [-0.2, 0) is 4.74 Å². The molecular weight excluding hydrogens is 328 g/mol. The summed E-state index contributed by atoms with van der Waals surface area (Å²) in [5.41, 5.74) is 2.29. The molecule has 2 rings (SSSR count). The van der Waals surface area contributed by atoms with Crippen LogP contribution in [0.3, 0.4) is 0 Å². The highest BCUT2D eigenvalue weighted by molar-refractivity contribution is 5.89. The van der Waals surface area contributed by atoms with E-state index in [-0.39, 0.29) is 11.2 Å². The van der Waals surface area contributed by atoms with Gasteiger partial charge in [-0.15, -0.1) is 0 Å². The molecule has 0 bridgehead atoms. The molecular formula is C22H30O4. The maximum Gasteiger partial charge on any atom is 0.338 e. The molecule has 4 nitrogen and oxygen atoms in total. The van der Waals surface area contributed by atoms with Crippen molar-refractivity contribution in [3.8, 4) is 5.75 Å². The average molecular weight is 358 g/mol. The number of aliphatic hydroxyl groups excluding tert-OH is 1. The van der Waals surface area contributed by atoms with Gasteiger partial charge in [-0.1, -0.05) is 31.6 Å². The quantitative estimate of drug-likeness (QED) is 0.590. The van der Waals surface area contributed by atoms with Gasteiger partial charge >= 0.3 is 5.97 Å². The highest BCUT2D eigenvalue weighted by Crippen LogP contribution is 2.31. The van der Waals surface area contributed by atoms with Crippen molar-refractivity contribution in [2.45, 2.75) is 65.6 Å². The van der Waals surface area contributed by atoms with E-state index >= 15 is 0 Å². The van der Waals surface area contributed by atoms with Crippen molar-refractivity contribution >= 4 is 5.97 Å². The van der Waals surface area contributed by atoms with E-state index in [4.69, 9.17) is 4.74 Å². The fraction of sp³-hybridized carbons (Fsp3) is 0.500. The Morgan fingerprint density at radius 1 is 1.19 bits per heavy atom. The zero-order valence-corrected chi connectivity index (χ0v) is 16.2. The Hall–Kier alpha value is -2.07. The second-order valence-electron chi connectivity index (χ2n) is 7.92. The summed E-state index contributed by atoms with van der Waals surface area (Å²) < 4.78 is 5.72. The van der Waals surface area contributed by atoms with E-state index in [1.165, 1.54) is 17.7 Å². The molecule has 2 N–H and O–H groups in total. The van der Waals surface area contributed by atoms with Crippen molar-refractivity contribution in [3.05, 3.63) is 53.1 Å². The molecule has 0 heterocycles. The van der Waals surface area contributed by atoms with Crippen LogP contribution in [0.4, 0.5) is 0 Å². The number of aromatic hydroxyl groups is 1. The Balaban J connectivity index is 2.25. The van der Waals surface area contributed by atoms with Gasteiger partial charge < -0.3 is 14.9 Å². The largest absolute Gasteiger partial charge is 0.508 e. The lowest BCUT2D eigenvalue weighted by Gasteiger charge is -2.29. The van der Waals surface area contributed by atoms with Crippen LogP contribution in [0.1, 0.15) is 63.7 Å². The fourth-order valence-electron chi connectivity index (χ4n) is 3.08. The van der Waals surface area contributed by atoms with Crippen LogP contribution in [0, 0.1) is 5.41 Å². The molecule has 2 atom stereocenters. The van der Waals surface area contributed by atoms with Gasteiger partial charge in [-0.2, -0.15) is 0 Å². The number of ether oxygens (including phenoxy) is 1. The van der Waals surface area contributed by atoms with E-state index in [2.05, 4.69) is 26.8 Å². The highest BCUT2D eigenvalue weighted by Gasteiger charge is 2.28. The maximum atomic E-state index is 12.5. The number of benzene rings is 1. The van der Waals surface area contributed by atoms with Gasteiger partial charge in [0.25, 0.3) is 0 Å². The van der Waals surface area contributed by atoms with Gasteiger partial charge in [0.2, 0.25) is 0 Å². The lowest BCUT2D eigenvalue weighted by atomic mass is 9.80. The molecule has 142 valence electrons. The van der Waals surface area contributed by atoms with Gasteiger partial charge in [-0.25, -0.2) is 4.79 Å². The number of rotatable bonds is 2. The smallest absolute Gasteiger partial charge is 0.338 e. The summed E-state index contributed by atoms with van der Waals surface area (Å²) in [6, 6.07) is 6.02. The van der Waals surface area contributed by atoms with Crippen LogP contribution >= 0.6 is 0 Å². The monoisotopic (exact) mass is 358 g/mol. The fourth-order valence-corrected chi connectivity index (χ4v) is 3.08. The predicted octanol–water partition coefficient (Wildman–Crippen LogP) is 4.77. The van der Waals surface area contributed by atoms with E-state index in [0.29, 0.717) is 12.0 Å². The van der Waals surface area contributed by atoms with Crippen molar-refractivity contribution in [1.29, 1.82) is 0 Å². The minimum Gasteiger partial charge on any atom is -0.508 e. The molecule has 4 heteroatoms. The first kappa shape index (κ1) is 20.2. The zero-order chi connectivity index (χ0) is 19.3. The summed E-state index contributed by atoms with van der Waals surface area (Å²) in [4.78, 5) is 12.5. The third-order valence-electron chi connectivity index (χ3n) is 5.15. The van der Waals surface area contributed by atoms with Gasteiger partial charge in [0, 0.05) is 6.42 Å². The molecule has 1 aliphatic rings. The SMILES string of the molecule is C/C1=C\C[C@H](OC(=O)c2ccc(O)cc2)/C(C)=C/[C@H](O)C(C)(C)CCC1. The highest BCUT2D eigenvalue weighted by atomic mass is 16.5. The third-order valence-corrected chi connectivity index (χ3v) is 5.15. The van der Waals surface area contributed by atoms with Crippen molar-refractivity contribution < 1.29 is 19.7 Å². The maximum absolute atomic E-state index is 12.5. The number of phenolic OH excluding ortho intramolecular Hbond substituents is 1. The van der Waals surface area contributed by atoms with E-state index in [9.17, 15) is 15.0 Å². The van der Waals surface area contributed by atoms with Crippen LogP contribution in [0.2, 0.25) is 0 Å². The molecule has 1 aromatic rings. The van der Waals surface area contributed by atoms with Gasteiger partial charge in [-0.3, -0.25) is 0 Å². The van der Waals surface area contributed by atoms with Crippen LogP contribution < -0.4 is 0 Å². The summed E-state index contributed by atoms with van der Waals surface area (Å²) in [5.74, 6) is -0.325. The second-order valence-corrected chi connectivity index (χ2v) is 7.92. The zero-order valence-electron chi connectivity index (χ0n) is 16.2. The number of aliphatic hydroxyl groups is 1. The first-order chi connectivity index (χ1) is 12.2. The van der Waals surface area contributed by atoms with E-state index in [1.54, 1.807) is 12.1 Å². The Morgan fingerprint density at radius 2 is 1.85 bits per heavy atom. The molecule has 0 spiro atoms. The third kappa shape index (κ3) is 5.46. The summed E-state index contributed by atoms with van der Waals surface area (Å²) in [7, 11) is 0. The number of allylic oxidation sites excluding steroid dienone is 1. The normalized spacial score (nSPS) is 28.0. The van der Waals surface area contributed by atoms with Crippen LogP contribution in [-0.4, -0.2) is 28.4 Å². The molecule has 0 saturated carbocycles. The Bertz CT molecular complexity index is 683. The Labute approximate surface area is 156 Å². The summed E-state index contributed by atoms with van der Waals surface area (Å²) in [6.45, 7) is 8.13. The molecule has 0 fully saturated rings. The van der Waals surface area contributed by atoms with Gasteiger partial charge in [0.05, 0.1) is 11.7 Å². The standard InChI is InChI=1S/C22H30O4/c1-15-6-5-13-22(3,4)20(24)14-16(2)19(12-7-15)26-21(25)17-8-10-18(23)11-9-17/h7-11,14,19-20,23-24H,5-6,12-13H2,1-4H3/b15-7+,16-14+/t19-,20-/m0/s1. The number of carbonyl (C=O) groups excluding carboxylic acids is 1. The lowest BCUT2D eigenvalue weighted by Crippen LogP contribution is -2.29. The molecule has 26 heavy (non-hydrogen) atoms. The Morgan fingerprint density at radius 3 is 2.50 bits per heavy atom. The molecule has 0 aromatic heterocycles. The molecule has 0 unspecified atom stereocenters. The summed E-state index contributed by atoms with van der Waals surface area (Å²) in [6.07, 6.45) is 6.46. The Kier molecular flexibility index (Phi) is 6.65. The minimum atomic E-state index is -0.587. The van der Waals surface area contributed by atoms with Crippen LogP contribution in [0.5, 0.6) is 5.75 Å². The van der Waals surface area contributed by atoms with Gasteiger partial charge in [0.1, 0.15) is 11.9 Å². The number of carbonyl (C=O) groups is 1. The molecule has 0 radical (unpaired) electrons. The van der Waals surface area contributed by atoms with E-state index in [0.717, 1.165) is 24.8 Å². The van der Waals surface area contributed by atoms with Crippen molar-refractivity contribution in [2.24, 2.45) is 5.41 Å². The molecule has 1 aromatic carbocycles. The first-order valence-corrected chi connectivity index (χ1v) is 9.21. The lowest BCUT2D eigenvalue weighted by molar-refractivity contribution is 0.0368.